The van der Waals surface area contributed by atoms with Crippen LogP contribution < -0.4 is 10.1 Å². The lowest BCUT2D eigenvalue weighted by atomic mass is 9.83. The first-order valence-electron chi connectivity index (χ1n) is 6.53. The molecule has 0 aromatic heterocycles. The molecule has 2 N–H and O–H groups in total. The third-order valence-corrected chi connectivity index (χ3v) is 3.67. The minimum absolute atomic E-state index is 0.282. The number of nitrogens with one attached hydrogen (secondary N) is 1. The normalized spacial score (nSPS) is 20.6. The van der Waals surface area contributed by atoms with Gasteiger partial charge >= 0.3 is 0 Å². The van der Waals surface area contributed by atoms with E-state index in [4.69, 9.17) is 4.74 Å². The lowest BCUT2D eigenvalue weighted by Crippen LogP contribution is -2.38. The van der Waals surface area contributed by atoms with E-state index < -0.39 is 5.60 Å². The topological polar surface area (TPSA) is 41.5 Å². The van der Waals surface area contributed by atoms with Crippen LogP contribution in [0.25, 0.3) is 0 Å². The van der Waals surface area contributed by atoms with Gasteiger partial charge in [0.2, 0.25) is 0 Å². The maximum atomic E-state index is 13.6. The van der Waals surface area contributed by atoms with Gasteiger partial charge in [-0.1, -0.05) is 24.3 Å². The fourth-order valence-corrected chi connectivity index (χ4v) is 2.74. The maximum absolute atomic E-state index is 13.6. The Kier molecular flexibility index (Phi) is 3.20. The van der Waals surface area contributed by atoms with Crippen LogP contribution in [0.15, 0.2) is 42.5 Å². The molecule has 0 amide bonds. The summed E-state index contributed by atoms with van der Waals surface area (Å²) in [6, 6.07) is 11.8. The van der Waals surface area contributed by atoms with Crippen LogP contribution in [0.5, 0.6) is 5.75 Å². The Morgan fingerprint density at radius 2 is 2.05 bits per heavy atom. The van der Waals surface area contributed by atoms with Crippen LogP contribution in [0.3, 0.4) is 0 Å². The van der Waals surface area contributed by atoms with Gasteiger partial charge in [0.1, 0.15) is 23.8 Å². The number of aliphatic hydroxyl groups is 1. The predicted molar refractivity (Wildman–Crippen MR) is 74.1 cm³/mol. The van der Waals surface area contributed by atoms with Gasteiger partial charge in [-0.25, -0.2) is 4.39 Å². The first-order valence-corrected chi connectivity index (χ1v) is 6.53. The summed E-state index contributed by atoms with van der Waals surface area (Å²) < 4.78 is 19.4. The van der Waals surface area contributed by atoms with E-state index in [0.717, 1.165) is 5.56 Å². The summed E-state index contributed by atoms with van der Waals surface area (Å²) in [7, 11) is 1.76. The second kappa shape index (κ2) is 4.89. The quantitative estimate of drug-likeness (QED) is 0.881. The molecule has 3 rings (SSSR count). The molecule has 1 heterocycles. The number of para-hydroxylation sites is 1. The molecule has 0 saturated carbocycles. The summed E-state index contributed by atoms with van der Waals surface area (Å²) in [5, 5.41) is 14.1. The van der Waals surface area contributed by atoms with Crippen LogP contribution in [-0.2, 0) is 12.2 Å². The molecular weight excluding hydrogens is 257 g/mol. The smallest absolute Gasteiger partial charge is 0.131 e. The number of hydrogen-bond donors (Lipinski definition) is 2. The molecule has 0 fully saturated rings. The Bertz CT molecular complexity index is 644. The minimum Gasteiger partial charge on any atom is -0.488 e. The van der Waals surface area contributed by atoms with Crippen LogP contribution in [0, 0.1) is 5.82 Å². The summed E-state index contributed by atoms with van der Waals surface area (Å²) >= 11 is 0. The summed E-state index contributed by atoms with van der Waals surface area (Å²) in [6.45, 7) is 0.600. The van der Waals surface area contributed by atoms with Gasteiger partial charge in [-0.3, -0.25) is 0 Å². The monoisotopic (exact) mass is 273 g/mol. The van der Waals surface area contributed by atoms with Gasteiger partial charge in [0.15, 0.2) is 0 Å². The summed E-state index contributed by atoms with van der Waals surface area (Å²) in [6.07, 6.45) is 0. The summed E-state index contributed by atoms with van der Waals surface area (Å²) in [4.78, 5) is 0. The largest absolute Gasteiger partial charge is 0.488 e. The third kappa shape index (κ3) is 1.97. The van der Waals surface area contributed by atoms with Crippen molar-refractivity contribution in [3.8, 4) is 5.75 Å². The molecule has 2 aromatic rings. The molecule has 0 bridgehead atoms. The van der Waals surface area contributed by atoms with Gasteiger partial charge in [0.25, 0.3) is 0 Å². The van der Waals surface area contributed by atoms with Crippen LogP contribution in [-0.4, -0.2) is 18.7 Å². The predicted octanol–water partition coefficient (Wildman–Crippen LogP) is 2.17. The Balaban J connectivity index is 2.27. The number of hydrogen-bond acceptors (Lipinski definition) is 3. The van der Waals surface area contributed by atoms with Crippen LogP contribution in [0.4, 0.5) is 4.39 Å². The molecule has 0 saturated heterocycles. The molecule has 1 aliphatic heterocycles. The highest BCUT2D eigenvalue weighted by Crippen LogP contribution is 2.40. The average Bonchev–Trinajstić information content (AvgIpc) is 2.57. The van der Waals surface area contributed by atoms with Crippen LogP contribution in [0.2, 0.25) is 0 Å². The van der Waals surface area contributed by atoms with Crippen molar-refractivity contribution in [3.05, 3.63) is 65.0 Å². The Hall–Kier alpha value is -1.91. The summed E-state index contributed by atoms with van der Waals surface area (Å²) in [5.41, 5.74) is 0.690. The van der Waals surface area contributed by atoms with Crippen molar-refractivity contribution in [1.82, 2.24) is 5.32 Å². The fraction of sp³-hybridized carbons (Fsp3) is 0.250. The zero-order valence-electron chi connectivity index (χ0n) is 11.2. The molecule has 1 atom stereocenters. The molecule has 0 spiro atoms. The first-order chi connectivity index (χ1) is 9.65. The molecule has 1 unspecified atom stereocenters. The molecular formula is C16H16FNO2. The number of rotatable bonds is 2. The number of fused-ring (bicyclic) bond motifs is 2. The number of ether oxygens (including phenoxy) is 1. The molecule has 4 heteroatoms. The standard InChI is InChI=1S/C16H16FNO2/c1-18-10-16(19)13-4-2-3-5-15(13)20-9-11-6-7-12(17)8-14(11)16/h2-8,18-19H,9-10H2,1H3. The number of likely N-dealkylation sites (N-methyl/N-ethyl adjacent to an activating group) is 1. The molecule has 0 aliphatic carbocycles. The Morgan fingerprint density at radius 3 is 2.85 bits per heavy atom. The minimum atomic E-state index is -1.31. The molecule has 3 nitrogen and oxygen atoms in total. The van der Waals surface area contributed by atoms with Gasteiger partial charge in [-0.05, 0) is 36.4 Å². The molecule has 1 aliphatic rings. The molecule has 2 aromatic carbocycles. The van der Waals surface area contributed by atoms with Gasteiger partial charge in [-0.2, -0.15) is 0 Å². The number of halogens is 1. The van der Waals surface area contributed by atoms with Gasteiger partial charge < -0.3 is 15.2 Å². The Labute approximate surface area is 117 Å². The van der Waals surface area contributed by atoms with E-state index in [2.05, 4.69) is 5.32 Å². The van der Waals surface area contributed by atoms with E-state index >= 15 is 0 Å². The van der Waals surface area contributed by atoms with Crippen molar-refractivity contribution < 1.29 is 14.2 Å². The lowest BCUT2D eigenvalue weighted by Gasteiger charge is -2.29. The fourth-order valence-electron chi connectivity index (χ4n) is 2.74. The zero-order chi connectivity index (χ0) is 14.2. The SMILES string of the molecule is CNCC1(O)c2cc(F)ccc2COc2ccccc21. The van der Waals surface area contributed by atoms with Crippen molar-refractivity contribution in [2.24, 2.45) is 0 Å². The van der Waals surface area contributed by atoms with E-state index in [9.17, 15) is 9.50 Å². The molecule has 0 radical (unpaired) electrons. The third-order valence-electron chi connectivity index (χ3n) is 3.67. The van der Waals surface area contributed by atoms with Crippen LogP contribution in [0.1, 0.15) is 16.7 Å². The highest BCUT2D eigenvalue weighted by Gasteiger charge is 2.37. The van der Waals surface area contributed by atoms with Crippen molar-refractivity contribution in [1.29, 1.82) is 0 Å². The second-order valence-corrected chi connectivity index (χ2v) is 4.98. The van der Waals surface area contributed by atoms with E-state index in [-0.39, 0.29) is 12.4 Å². The van der Waals surface area contributed by atoms with Crippen LogP contribution >= 0.6 is 0 Å². The van der Waals surface area contributed by atoms with Gasteiger partial charge in [0, 0.05) is 12.1 Å². The lowest BCUT2D eigenvalue weighted by molar-refractivity contribution is 0.0812. The maximum Gasteiger partial charge on any atom is 0.131 e. The number of benzene rings is 2. The van der Waals surface area contributed by atoms with E-state index in [0.29, 0.717) is 23.5 Å². The second-order valence-electron chi connectivity index (χ2n) is 4.98. The van der Waals surface area contributed by atoms with E-state index in [1.165, 1.54) is 12.1 Å². The van der Waals surface area contributed by atoms with Gasteiger partial charge in [0.05, 0.1) is 0 Å². The zero-order valence-corrected chi connectivity index (χ0v) is 11.2. The first kappa shape index (κ1) is 13.1. The molecule has 20 heavy (non-hydrogen) atoms. The molecule has 104 valence electrons. The summed E-state index contributed by atoms with van der Waals surface area (Å²) in [5.74, 6) is 0.263. The van der Waals surface area contributed by atoms with Crippen molar-refractivity contribution >= 4 is 0 Å². The van der Waals surface area contributed by atoms with Crippen molar-refractivity contribution in [2.45, 2.75) is 12.2 Å². The highest BCUT2D eigenvalue weighted by molar-refractivity contribution is 5.49. The van der Waals surface area contributed by atoms with Gasteiger partial charge in [-0.15, -0.1) is 0 Å². The average molecular weight is 273 g/mol. The Morgan fingerprint density at radius 1 is 1.25 bits per heavy atom. The van der Waals surface area contributed by atoms with E-state index in [1.54, 1.807) is 13.1 Å². The van der Waals surface area contributed by atoms with Crippen molar-refractivity contribution in [3.63, 3.8) is 0 Å². The van der Waals surface area contributed by atoms with Crippen molar-refractivity contribution in [2.75, 3.05) is 13.6 Å². The van der Waals surface area contributed by atoms with E-state index in [1.807, 2.05) is 24.3 Å². The highest BCUT2D eigenvalue weighted by atomic mass is 19.1.